The molecule has 12 nitrogen and oxygen atoms in total. The van der Waals surface area contributed by atoms with Crippen molar-refractivity contribution >= 4 is 40.2 Å². The molecule has 16 heteroatoms. The van der Waals surface area contributed by atoms with Gasteiger partial charge in [0.25, 0.3) is 0 Å². The van der Waals surface area contributed by atoms with E-state index in [-0.39, 0.29) is 40.9 Å². The number of benzene rings is 3. The van der Waals surface area contributed by atoms with E-state index >= 15 is 0 Å². The smallest absolute Gasteiger partial charge is 0.418 e. The summed E-state index contributed by atoms with van der Waals surface area (Å²) in [7, 11) is 7.11. The summed E-state index contributed by atoms with van der Waals surface area (Å²) in [6.45, 7) is 2.10. The minimum absolute atomic E-state index is 0.0155. The zero-order valence-electron chi connectivity index (χ0n) is 32.0. The summed E-state index contributed by atoms with van der Waals surface area (Å²) >= 11 is 6.95. The van der Waals surface area contributed by atoms with Crippen LogP contribution in [0.1, 0.15) is 29.5 Å². The van der Waals surface area contributed by atoms with Gasteiger partial charge in [-0.2, -0.15) is 23.1 Å². The third-order valence-corrected chi connectivity index (χ3v) is 11.0. The first-order valence-electron chi connectivity index (χ1n) is 18.4. The Bertz CT molecular complexity index is 2180. The summed E-state index contributed by atoms with van der Waals surface area (Å²) in [5.41, 5.74) is 0.636. The number of fused-ring (bicyclic) bond motifs is 1. The number of halogens is 4. The molecule has 300 valence electrons. The summed E-state index contributed by atoms with van der Waals surface area (Å²) in [5, 5.41) is 10.0. The molecule has 1 aliphatic carbocycles. The molecule has 1 amide bonds. The van der Waals surface area contributed by atoms with Gasteiger partial charge in [0.15, 0.2) is 0 Å². The number of anilines is 2. The van der Waals surface area contributed by atoms with Crippen molar-refractivity contribution in [2.75, 3.05) is 70.9 Å². The van der Waals surface area contributed by atoms with E-state index in [0.29, 0.717) is 66.8 Å². The van der Waals surface area contributed by atoms with Crippen molar-refractivity contribution in [1.82, 2.24) is 24.8 Å². The number of aromatic nitrogens is 3. The van der Waals surface area contributed by atoms with E-state index in [0.717, 1.165) is 30.0 Å². The lowest BCUT2D eigenvalue weighted by Crippen LogP contribution is -2.48. The van der Waals surface area contributed by atoms with Crippen LogP contribution in [-0.2, 0) is 19.3 Å². The van der Waals surface area contributed by atoms with Gasteiger partial charge in [0.2, 0.25) is 0 Å². The first kappa shape index (κ1) is 39.7. The molecule has 5 aromatic rings. The number of carbonyl (C=O) groups is 1. The molecular weight excluding hydrogens is 763 g/mol. The summed E-state index contributed by atoms with van der Waals surface area (Å²) in [4.78, 5) is 33.1. The maximum atomic E-state index is 14.9. The fourth-order valence-electron chi connectivity index (χ4n) is 6.95. The monoisotopic (exact) mass is 805 g/mol. The summed E-state index contributed by atoms with van der Waals surface area (Å²) in [6, 6.07) is 20.4. The molecule has 7 rings (SSSR count). The standard InChI is InChI=1S/C41H43ClF3N7O5/c1-49(2)40(15-16-40)25-57-38-46-34-22-30(33(42)21-31(34)37(48-38)50-17-19-51(20-18-50)39(53)54)36-32(41(43,44)45)13-14-35(47-36)52(23-26-5-9-28(55-3)10-6-26)24-27-7-11-29(56-4)12-8-27/h5-14,21-22H,15-20,23-25H2,1-4H3,(H,53,54). The lowest BCUT2D eigenvalue weighted by Gasteiger charge is -2.34. The average molecular weight is 806 g/mol. The number of piperazine rings is 1. The number of likely N-dealkylation sites (N-methyl/N-ethyl adjacent to an activating group) is 1. The Kier molecular flexibility index (Phi) is 11.2. The van der Waals surface area contributed by atoms with Crippen molar-refractivity contribution in [1.29, 1.82) is 0 Å². The normalized spacial score (nSPS) is 15.2. The van der Waals surface area contributed by atoms with Crippen molar-refractivity contribution < 1.29 is 37.3 Å². The third kappa shape index (κ3) is 8.74. The quantitative estimate of drug-likeness (QED) is 0.125. The Morgan fingerprint density at radius 1 is 0.860 bits per heavy atom. The van der Waals surface area contributed by atoms with Crippen LogP contribution in [-0.4, -0.2) is 103 Å². The lowest BCUT2D eigenvalue weighted by atomic mass is 10.0. The maximum Gasteiger partial charge on any atom is 0.418 e. The number of nitrogens with zero attached hydrogens (tertiary/aromatic N) is 7. The first-order chi connectivity index (χ1) is 27.3. The minimum Gasteiger partial charge on any atom is -0.497 e. The zero-order valence-corrected chi connectivity index (χ0v) is 32.8. The van der Waals surface area contributed by atoms with Gasteiger partial charge in [-0.05, 0) is 86.6 Å². The van der Waals surface area contributed by atoms with E-state index in [4.69, 9.17) is 40.8 Å². The Labute approximate surface area is 333 Å². The molecule has 2 aliphatic rings. The van der Waals surface area contributed by atoms with E-state index in [2.05, 4.69) is 4.90 Å². The van der Waals surface area contributed by atoms with Gasteiger partial charge in [-0.25, -0.2) is 9.78 Å². The van der Waals surface area contributed by atoms with E-state index < -0.39 is 17.8 Å². The van der Waals surface area contributed by atoms with Crippen molar-refractivity contribution in [2.45, 2.75) is 37.6 Å². The number of pyridine rings is 1. The number of methoxy groups -OCH3 is 2. The van der Waals surface area contributed by atoms with Gasteiger partial charge in [0, 0.05) is 50.2 Å². The van der Waals surface area contributed by atoms with Gasteiger partial charge in [0.05, 0.1) is 41.6 Å². The van der Waals surface area contributed by atoms with Crippen LogP contribution in [0, 0.1) is 0 Å². The lowest BCUT2D eigenvalue weighted by molar-refractivity contribution is -0.137. The van der Waals surface area contributed by atoms with Crippen molar-refractivity contribution in [3.8, 4) is 28.8 Å². The Morgan fingerprint density at radius 3 is 1.96 bits per heavy atom. The number of hydrogen-bond acceptors (Lipinski definition) is 10. The molecule has 0 radical (unpaired) electrons. The second kappa shape index (κ2) is 16.1. The van der Waals surface area contributed by atoms with Crippen LogP contribution < -0.4 is 24.0 Å². The van der Waals surface area contributed by atoms with Gasteiger partial charge in [-0.1, -0.05) is 35.9 Å². The first-order valence-corrected chi connectivity index (χ1v) is 18.8. The minimum atomic E-state index is -4.77. The second-order valence-corrected chi connectivity index (χ2v) is 14.9. The number of amides is 1. The molecule has 0 bridgehead atoms. The van der Waals surface area contributed by atoms with E-state index in [9.17, 15) is 23.1 Å². The van der Waals surface area contributed by atoms with Crippen LogP contribution in [0.15, 0.2) is 72.8 Å². The summed E-state index contributed by atoms with van der Waals surface area (Å²) in [6.07, 6.45) is -3.91. The molecule has 57 heavy (non-hydrogen) atoms. The van der Waals surface area contributed by atoms with Crippen molar-refractivity contribution in [3.05, 3.63) is 94.5 Å². The Balaban J connectivity index is 1.33. The topological polar surface area (TPSA) is 117 Å². The molecule has 1 N–H and O–H groups in total. The molecule has 1 saturated heterocycles. The summed E-state index contributed by atoms with van der Waals surface area (Å²) < 4.78 is 61.5. The average Bonchev–Trinajstić information content (AvgIpc) is 4.01. The molecule has 0 atom stereocenters. The highest BCUT2D eigenvalue weighted by molar-refractivity contribution is 6.34. The fraction of sp³-hybridized carbons (Fsp3) is 0.366. The molecular formula is C41H43ClF3N7O5. The van der Waals surface area contributed by atoms with Crippen LogP contribution in [0.5, 0.6) is 17.5 Å². The van der Waals surface area contributed by atoms with Crippen molar-refractivity contribution in [2.24, 2.45) is 0 Å². The van der Waals surface area contributed by atoms with E-state index in [1.54, 1.807) is 20.3 Å². The number of carboxylic acid groups (broad SMARTS) is 1. The zero-order chi connectivity index (χ0) is 40.5. The van der Waals surface area contributed by atoms with Crippen LogP contribution in [0.4, 0.5) is 29.6 Å². The molecule has 1 aliphatic heterocycles. The predicted molar refractivity (Wildman–Crippen MR) is 212 cm³/mol. The van der Waals surface area contributed by atoms with Crippen LogP contribution in [0.25, 0.3) is 22.2 Å². The fourth-order valence-corrected chi connectivity index (χ4v) is 7.21. The molecule has 3 heterocycles. The summed E-state index contributed by atoms with van der Waals surface area (Å²) in [5.74, 6) is 2.09. The number of hydrogen-bond donors (Lipinski definition) is 1. The van der Waals surface area contributed by atoms with E-state index in [1.807, 2.05) is 72.4 Å². The maximum absolute atomic E-state index is 14.9. The Morgan fingerprint density at radius 2 is 1.46 bits per heavy atom. The molecule has 1 saturated carbocycles. The highest BCUT2D eigenvalue weighted by Gasteiger charge is 2.46. The van der Waals surface area contributed by atoms with Gasteiger partial charge in [-0.15, -0.1) is 0 Å². The highest BCUT2D eigenvalue weighted by Crippen LogP contribution is 2.43. The number of ether oxygens (including phenoxy) is 3. The largest absolute Gasteiger partial charge is 0.497 e. The van der Waals surface area contributed by atoms with Gasteiger partial charge < -0.3 is 38.9 Å². The van der Waals surface area contributed by atoms with Crippen LogP contribution in [0.2, 0.25) is 5.02 Å². The molecule has 3 aromatic carbocycles. The van der Waals surface area contributed by atoms with E-state index in [1.165, 1.54) is 17.0 Å². The van der Waals surface area contributed by atoms with Gasteiger partial charge >= 0.3 is 18.3 Å². The number of rotatable bonds is 13. The molecule has 0 spiro atoms. The second-order valence-electron chi connectivity index (χ2n) is 14.5. The molecule has 2 aromatic heterocycles. The number of alkyl halides is 3. The van der Waals surface area contributed by atoms with Crippen molar-refractivity contribution in [3.63, 3.8) is 0 Å². The Hall–Kier alpha value is -5.54. The molecule has 2 fully saturated rings. The van der Waals surface area contributed by atoms with Gasteiger partial charge in [-0.3, -0.25) is 0 Å². The third-order valence-electron chi connectivity index (χ3n) is 10.7. The van der Waals surface area contributed by atoms with Crippen LogP contribution >= 0.6 is 11.6 Å². The molecule has 0 unspecified atom stereocenters. The highest BCUT2D eigenvalue weighted by atomic mass is 35.5. The SMILES string of the molecule is COc1ccc(CN(Cc2ccc(OC)cc2)c2ccc(C(F)(F)F)c(-c3cc4nc(OCC5(N(C)C)CC5)nc(N5CCN(C(=O)O)CC5)c4cc3Cl)n2)cc1. The van der Waals surface area contributed by atoms with Crippen LogP contribution in [0.3, 0.4) is 0 Å². The predicted octanol–water partition coefficient (Wildman–Crippen LogP) is 7.86. The van der Waals surface area contributed by atoms with Gasteiger partial charge in [0.1, 0.15) is 29.7 Å².